The average Bonchev–Trinajstić information content (AvgIpc) is 2.50. The largest absolute Gasteiger partial charge is 0.322 e. The highest BCUT2D eigenvalue weighted by Gasteiger charge is 2.08. The summed E-state index contributed by atoms with van der Waals surface area (Å²) in [6, 6.07) is 10.2. The van der Waals surface area contributed by atoms with Crippen molar-refractivity contribution in [3.05, 3.63) is 46.2 Å². The molecule has 0 spiro atoms. The number of aromatic amines is 1. The summed E-state index contributed by atoms with van der Waals surface area (Å²) >= 11 is 0. The lowest BCUT2D eigenvalue weighted by Crippen LogP contribution is -2.39. The van der Waals surface area contributed by atoms with E-state index in [9.17, 15) is 4.79 Å². The molecule has 1 unspecified atom stereocenters. The van der Waals surface area contributed by atoms with E-state index in [0.29, 0.717) is 12.6 Å². The van der Waals surface area contributed by atoms with Gasteiger partial charge in [-0.2, -0.15) is 0 Å². The minimum Gasteiger partial charge on any atom is -0.322 e. The zero-order valence-electron chi connectivity index (χ0n) is 13.1. The van der Waals surface area contributed by atoms with Crippen LogP contribution in [0.4, 0.5) is 0 Å². The molecule has 114 valence electrons. The van der Waals surface area contributed by atoms with Crippen LogP contribution >= 0.6 is 0 Å². The molecule has 0 saturated carbocycles. The second-order valence-corrected chi connectivity index (χ2v) is 5.48. The highest BCUT2D eigenvalue weighted by Crippen LogP contribution is 2.10. The molecule has 0 aliphatic rings. The van der Waals surface area contributed by atoms with Crippen LogP contribution in [-0.2, 0) is 6.54 Å². The van der Waals surface area contributed by atoms with Crippen molar-refractivity contribution in [1.29, 1.82) is 0 Å². The summed E-state index contributed by atoms with van der Waals surface area (Å²) in [4.78, 5) is 17.4. The van der Waals surface area contributed by atoms with Gasteiger partial charge in [0.1, 0.15) is 0 Å². The molecule has 4 nitrogen and oxygen atoms in total. The third kappa shape index (κ3) is 4.16. The SMILES string of the molecule is CCN(CC)CC(C)NCc1cc2ccccc2[nH]c1=O. The molecular weight excluding hydrogens is 262 g/mol. The Balaban J connectivity index is 2.03. The van der Waals surface area contributed by atoms with Gasteiger partial charge in [0.05, 0.1) is 0 Å². The summed E-state index contributed by atoms with van der Waals surface area (Å²) < 4.78 is 0. The fraction of sp³-hybridized carbons (Fsp3) is 0.471. The Morgan fingerprint density at radius 1 is 1.24 bits per heavy atom. The second-order valence-electron chi connectivity index (χ2n) is 5.48. The van der Waals surface area contributed by atoms with Gasteiger partial charge in [-0.3, -0.25) is 4.79 Å². The Labute approximate surface area is 126 Å². The third-order valence-corrected chi connectivity index (χ3v) is 3.90. The molecule has 0 fully saturated rings. The first-order valence-corrected chi connectivity index (χ1v) is 7.70. The molecule has 1 aromatic heterocycles. The number of nitrogens with one attached hydrogen (secondary N) is 2. The van der Waals surface area contributed by atoms with Gasteiger partial charge < -0.3 is 15.2 Å². The number of likely N-dealkylation sites (N-methyl/N-ethyl adjacent to an activating group) is 1. The maximum atomic E-state index is 12.1. The molecule has 0 aliphatic heterocycles. The Kier molecular flexibility index (Phi) is 5.53. The molecule has 1 atom stereocenters. The summed E-state index contributed by atoms with van der Waals surface area (Å²) in [7, 11) is 0. The number of para-hydroxylation sites is 1. The summed E-state index contributed by atoms with van der Waals surface area (Å²) in [6.07, 6.45) is 0. The van der Waals surface area contributed by atoms with E-state index in [1.807, 2.05) is 30.3 Å². The number of aromatic nitrogens is 1. The van der Waals surface area contributed by atoms with Crippen molar-refractivity contribution < 1.29 is 0 Å². The van der Waals surface area contributed by atoms with Crippen molar-refractivity contribution in [3.8, 4) is 0 Å². The van der Waals surface area contributed by atoms with Crippen LogP contribution in [0.15, 0.2) is 35.1 Å². The maximum absolute atomic E-state index is 12.1. The van der Waals surface area contributed by atoms with Crippen molar-refractivity contribution in [2.24, 2.45) is 0 Å². The van der Waals surface area contributed by atoms with Crippen LogP contribution < -0.4 is 10.9 Å². The first-order chi connectivity index (χ1) is 10.1. The van der Waals surface area contributed by atoms with E-state index >= 15 is 0 Å². The quantitative estimate of drug-likeness (QED) is 0.822. The van der Waals surface area contributed by atoms with Gasteiger partial charge in [0, 0.05) is 30.2 Å². The number of hydrogen-bond donors (Lipinski definition) is 2. The first-order valence-electron chi connectivity index (χ1n) is 7.70. The molecule has 0 saturated heterocycles. The van der Waals surface area contributed by atoms with Crippen molar-refractivity contribution in [2.75, 3.05) is 19.6 Å². The second kappa shape index (κ2) is 7.38. The molecule has 2 aromatic rings. The Bertz CT molecular complexity index is 631. The van der Waals surface area contributed by atoms with Gasteiger partial charge in [-0.05, 0) is 37.5 Å². The predicted molar refractivity (Wildman–Crippen MR) is 88.7 cm³/mol. The number of pyridine rings is 1. The Morgan fingerprint density at radius 2 is 1.95 bits per heavy atom. The lowest BCUT2D eigenvalue weighted by molar-refractivity contribution is 0.270. The van der Waals surface area contributed by atoms with E-state index in [1.165, 1.54) is 0 Å². The molecular formula is C17H25N3O. The van der Waals surface area contributed by atoms with Crippen LogP contribution in [0, 0.1) is 0 Å². The zero-order valence-corrected chi connectivity index (χ0v) is 13.1. The number of rotatable bonds is 7. The van der Waals surface area contributed by atoms with Crippen LogP contribution in [0.25, 0.3) is 10.9 Å². The van der Waals surface area contributed by atoms with E-state index in [4.69, 9.17) is 0 Å². The summed E-state index contributed by atoms with van der Waals surface area (Å²) in [5, 5.41) is 4.52. The molecule has 0 amide bonds. The maximum Gasteiger partial charge on any atom is 0.252 e. The number of fused-ring (bicyclic) bond motifs is 1. The lowest BCUT2D eigenvalue weighted by atomic mass is 10.1. The summed E-state index contributed by atoms with van der Waals surface area (Å²) in [5.74, 6) is 0. The van der Waals surface area contributed by atoms with Crippen LogP contribution in [0.3, 0.4) is 0 Å². The normalized spacial score (nSPS) is 13.0. The van der Waals surface area contributed by atoms with Crippen LogP contribution in [-0.4, -0.2) is 35.6 Å². The highest BCUT2D eigenvalue weighted by atomic mass is 16.1. The van der Waals surface area contributed by atoms with Gasteiger partial charge in [-0.15, -0.1) is 0 Å². The molecule has 2 rings (SSSR count). The molecule has 0 aliphatic carbocycles. The third-order valence-electron chi connectivity index (χ3n) is 3.90. The van der Waals surface area contributed by atoms with Crippen molar-refractivity contribution in [2.45, 2.75) is 33.4 Å². The van der Waals surface area contributed by atoms with E-state index in [0.717, 1.165) is 36.1 Å². The monoisotopic (exact) mass is 287 g/mol. The summed E-state index contributed by atoms with van der Waals surface area (Å²) in [6.45, 7) is 10.2. The van der Waals surface area contributed by atoms with E-state index in [2.05, 4.69) is 36.0 Å². The van der Waals surface area contributed by atoms with Crippen molar-refractivity contribution >= 4 is 10.9 Å². The number of nitrogens with zero attached hydrogens (tertiary/aromatic N) is 1. The van der Waals surface area contributed by atoms with Crippen LogP contribution in [0.1, 0.15) is 26.3 Å². The highest BCUT2D eigenvalue weighted by molar-refractivity contribution is 5.78. The zero-order chi connectivity index (χ0) is 15.2. The molecule has 1 aromatic carbocycles. The number of H-pyrrole nitrogens is 1. The Morgan fingerprint density at radius 3 is 2.67 bits per heavy atom. The topological polar surface area (TPSA) is 48.1 Å². The van der Waals surface area contributed by atoms with Crippen molar-refractivity contribution in [3.63, 3.8) is 0 Å². The molecule has 4 heteroatoms. The first kappa shape index (κ1) is 15.7. The molecule has 1 heterocycles. The van der Waals surface area contributed by atoms with Gasteiger partial charge in [0.25, 0.3) is 5.56 Å². The van der Waals surface area contributed by atoms with E-state index < -0.39 is 0 Å². The van der Waals surface area contributed by atoms with Gasteiger partial charge in [-0.25, -0.2) is 0 Å². The van der Waals surface area contributed by atoms with Gasteiger partial charge in [-0.1, -0.05) is 32.0 Å². The van der Waals surface area contributed by atoms with Crippen molar-refractivity contribution in [1.82, 2.24) is 15.2 Å². The van der Waals surface area contributed by atoms with Gasteiger partial charge in [0.2, 0.25) is 0 Å². The van der Waals surface area contributed by atoms with E-state index in [1.54, 1.807) is 0 Å². The van der Waals surface area contributed by atoms with Crippen LogP contribution in [0.2, 0.25) is 0 Å². The molecule has 0 radical (unpaired) electrons. The summed E-state index contributed by atoms with van der Waals surface area (Å²) in [5.41, 5.74) is 1.68. The number of benzene rings is 1. The van der Waals surface area contributed by atoms with Crippen LogP contribution in [0.5, 0.6) is 0 Å². The fourth-order valence-corrected chi connectivity index (χ4v) is 2.54. The minimum absolute atomic E-state index is 0.00348. The molecule has 0 bridgehead atoms. The Hall–Kier alpha value is -1.65. The smallest absolute Gasteiger partial charge is 0.252 e. The predicted octanol–water partition coefficient (Wildman–Crippen LogP) is 2.35. The number of hydrogen-bond acceptors (Lipinski definition) is 3. The molecule has 21 heavy (non-hydrogen) atoms. The lowest BCUT2D eigenvalue weighted by Gasteiger charge is -2.23. The van der Waals surface area contributed by atoms with Gasteiger partial charge in [0.15, 0.2) is 0 Å². The fourth-order valence-electron chi connectivity index (χ4n) is 2.54. The standard InChI is InChI=1S/C17H25N3O/c1-4-20(5-2)12-13(3)18-11-15-10-14-8-6-7-9-16(14)19-17(15)21/h6-10,13,18H,4-5,11-12H2,1-3H3,(H,19,21). The average molecular weight is 287 g/mol. The van der Waals surface area contributed by atoms with E-state index in [-0.39, 0.29) is 5.56 Å². The molecule has 2 N–H and O–H groups in total. The van der Waals surface area contributed by atoms with Gasteiger partial charge >= 0.3 is 0 Å². The minimum atomic E-state index is -0.00348.